The highest BCUT2D eigenvalue weighted by molar-refractivity contribution is 5.94. The normalized spacial score (nSPS) is 11.6. The smallest absolute Gasteiger partial charge is 0.325 e. The highest BCUT2D eigenvalue weighted by atomic mass is 16.4. The zero-order chi connectivity index (χ0) is 13.0. The van der Waals surface area contributed by atoms with Crippen LogP contribution >= 0.6 is 0 Å². The van der Waals surface area contributed by atoms with Crippen molar-refractivity contribution in [2.24, 2.45) is 0 Å². The second kappa shape index (κ2) is 5.20. The predicted octanol–water partition coefficient (Wildman–Crippen LogP) is 1.01. The minimum Gasteiger partial charge on any atom is -0.508 e. The molecule has 0 aliphatic carbocycles. The van der Waals surface area contributed by atoms with E-state index in [2.05, 4.69) is 5.32 Å². The van der Waals surface area contributed by atoms with Gasteiger partial charge in [0.15, 0.2) is 0 Å². The van der Waals surface area contributed by atoms with Crippen molar-refractivity contribution >= 4 is 17.7 Å². The van der Waals surface area contributed by atoms with Crippen molar-refractivity contribution in [3.05, 3.63) is 24.3 Å². The van der Waals surface area contributed by atoms with Gasteiger partial charge in [-0.3, -0.25) is 9.69 Å². The van der Waals surface area contributed by atoms with Gasteiger partial charge in [0.2, 0.25) is 0 Å². The Morgan fingerprint density at radius 1 is 1.41 bits per heavy atom. The van der Waals surface area contributed by atoms with E-state index >= 15 is 0 Å². The summed E-state index contributed by atoms with van der Waals surface area (Å²) in [5.41, 5.74) is 0.472. The fourth-order valence-electron chi connectivity index (χ4n) is 1.16. The van der Waals surface area contributed by atoms with Gasteiger partial charge >= 0.3 is 12.0 Å². The van der Waals surface area contributed by atoms with Gasteiger partial charge in [-0.15, -0.1) is 0 Å². The Morgan fingerprint density at radius 3 is 2.59 bits per heavy atom. The van der Waals surface area contributed by atoms with Crippen molar-refractivity contribution in [3.8, 4) is 5.75 Å². The first-order valence-corrected chi connectivity index (χ1v) is 4.98. The molecule has 0 saturated heterocycles. The number of phenolic OH excluding ortho intramolecular Hbond substituents is 1. The number of benzene rings is 1. The summed E-state index contributed by atoms with van der Waals surface area (Å²) in [6.07, 6.45) is 0. The molecular formula is C11H14N2O4. The molecule has 0 saturated carbocycles. The van der Waals surface area contributed by atoms with E-state index in [0.29, 0.717) is 5.69 Å². The van der Waals surface area contributed by atoms with Gasteiger partial charge in [0.1, 0.15) is 11.8 Å². The molecule has 0 fully saturated rings. The summed E-state index contributed by atoms with van der Waals surface area (Å²) in [5.74, 6) is -1.07. The molecule has 1 atom stereocenters. The molecule has 1 aromatic carbocycles. The standard InChI is InChI=1S/C11H14N2O4/c1-7(10(15)16)12-11(17)13(2)8-4-3-5-9(14)6-8/h3-7,14H,1-2H3,(H,12,17)(H,15,16)/t7-/m0/s1. The van der Waals surface area contributed by atoms with Crippen LogP contribution in [0.25, 0.3) is 0 Å². The van der Waals surface area contributed by atoms with Crippen molar-refractivity contribution < 1.29 is 19.8 Å². The number of carboxylic acid groups (broad SMARTS) is 1. The van der Waals surface area contributed by atoms with E-state index in [-0.39, 0.29) is 5.75 Å². The van der Waals surface area contributed by atoms with E-state index in [1.54, 1.807) is 12.1 Å². The van der Waals surface area contributed by atoms with E-state index in [1.807, 2.05) is 0 Å². The van der Waals surface area contributed by atoms with Crippen LogP contribution < -0.4 is 10.2 Å². The first kappa shape index (κ1) is 12.8. The largest absolute Gasteiger partial charge is 0.508 e. The van der Waals surface area contributed by atoms with Gasteiger partial charge in [-0.1, -0.05) is 6.07 Å². The maximum absolute atomic E-state index is 11.6. The molecule has 0 bridgehead atoms. The van der Waals surface area contributed by atoms with E-state index in [9.17, 15) is 14.7 Å². The molecule has 6 nitrogen and oxygen atoms in total. The number of carbonyl (C=O) groups is 2. The van der Waals surface area contributed by atoms with Gasteiger partial charge in [0, 0.05) is 18.8 Å². The number of aromatic hydroxyl groups is 1. The van der Waals surface area contributed by atoms with Crippen LogP contribution in [0.5, 0.6) is 5.75 Å². The Morgan fingerprint density at radius 2 is 2.06 bits per heavy atom. The molecular weight excluding hydrogens is 224 g/mol. The Kier molecular flexibility index (Phi) is 3.92. The number of nitrogens with one attached hydrogen (secondary N) is 1. The molecule has 0 aliphatic heterocycles. The molecule has 17 heavy (non-hydrogen) atoms. The summed E-state index contributed by atoms with van der Waals surface area (Å²) < 4.78 is 0. The summed E-state index contributed by atoms with van der Waals surface area (Å²) in [4.78, 5) is 23.4. The lowest BCUT2D eigenvalue weighted by atomic mass is 10.3. The van der Waals surface area contributed by atoms with Crippen LogP contribution in [0.2, 0.25) is 0 Å². The monoisotopic (exact) mass is 238 g/mol. The number of rotatable bonds is 3. The highest BCUT2D eigenvalue weighted by Crippen LogP contribution is 2.18. The topological polar surface area (TPSA) is 89.9 Å². The van der Waals surface area contributed by atoms with Gasteiger partial charge in [0.05, 0.1) is 0 Å². The zero-order valence-electron chi connectivity index (χ0n) is 9.54. The van der Waals surface area contributed by atoms with E-state index in [4.69, 9.17) is 5.11 Å². The third-order valence-electron chi connectivity index (χ3n) is 2.23. The number of anilines is 1. The van der Waals surface area contributed by atoms with Gasteiger partial charge < -0.3 is 15.5 Å². The Balaban J connectivity index is 2.73. The fourth-order valence-corrected chi connectivity index (χ4v) is 1.16. The van der Waals surface area contributed by atoms with Crippen LogP contribution in [0.1, 0.15) is 6.92 Å². The number of carboxylic acids is 1. The van der Waals surface area contributed by atoms with Crippen molar-refractivity contribution in [1.29, 1.82) is 0 Å². The molecule has 6 heteroatoms. The van der Waals surface area contributed by atoms with Gasteiger partial charge in [-0.05, 0) is 19.1 Å². The summed E-state index contributed by atoms with van der Waals surface area (Å²) >= 11 is 0. The second-order valence-corrected chi connectivity index (χ2v) is 3.59. The zero-order valence-corrected chi connectivity index (χ0v) is 9.54. The lowest BCUT2D eigenvalue weighted by molar-refractivity contribution is -0.138. The number of urea groups is 1. The lowest BCUT2D eigenvalue weighted by Crippen LogP contribution is -2.45. The first-order valence-electron chi connectivity index (χ1n) is 4.98. The molecule has 3 N–H and O–H groups in total. The number of carbonyl (C=O) groups excluding carboxylic acids is 1. The Labute approximate surface area is 98.5 Å². The quantitative estimate of drug-likeness (QED) is 0.733. The van der Waals surface area contributed by atoms with Crippen LogP contribution in [0, 0.1) is 0 Å². The highest BCUT2D eigenvalue weighted by Gasteiger charge is 2.17. The van der Waals surface area contributed by atoms with E-state index in [0.717, 1.165) is 0 Å². The van der Waals surface area contributed by atoms with Gasteiger partial charge in [-0.2, -0.15) is 0 Å². The molecule has 0 unspecified atom stereocenters. The van der Waals surface area contributed by atoms with Gasteiger partial charge in [0.25, 0.3) is 0 Å². The van der Waals surface area contributed by atoms with Crippen LogP contribution in [0.3, 0.4) is 0 Å². The average Bonchev–Trinajstić information content (AvgIpc) is 2.27. The van der Waals surface area contributed by atoms with Crippen LogP contribution in [-0.4, -0.2) is 35.3 Å². The third-order valence-corrected chi connectivity index (χ3v) is 2.23. The van der Waals surface area contributed by atoms with E-state index < -0.39 is 18.0 Å². The van der Waals surface area contributed by atoms with Crippen LogP contribution in [0.4, 0.5) is 10.5 Å². The second-order valence-electron chi connectivity index (χ2n) is 3.59. The van der Waals surface area contributed by atoms with Crippen molar-refractivity contribution in [3.63, 3.8) is 0 Å². The molecule has 1 rings (SSSR count). The number of phenols is 1. The number of hydrogen-bond donors (Lipinski definition) is 3. The average molecular weight is 238 g/mol. The number of nitrogens with zero attached hydrogens (tertiary/aromatic N) is 1. The molecule has 2 amide bonds. The van der Waals surface area contributed by atoms with Crippen LogP contribution in [-0.2, 0) is 4.79 Å². The summed E-state index contributed by atoms with van der Waals surface area (Å²) in [7, 11) is 1.48. The Bertz CT molecular complexity index is 433. The molecule has 0 aromatic heterocycles. The lowest BCUT2D eigenvalue weighted by Gasteiger charge is -2.19. The summed E-state index contributed by atoms with van der Waals surface area (Å²) in [5, 5.41) is 20.2. The minimum atomic E-state index is -1.11. The molecule has 92 valence electrons. The summed E-state index contributed by atoms with van der Waals surface area (Å²) in [6, 6.07) is 4.59. The number of amides is 2. The SMILES string of the molecule is C[C@H](NC(=O)N(C)c1cccc(O)c1)C(=O)O. The molecule has 0 radical (unpaired) electrons. The van der Waals surface area contributed by atoms with Gasteiger partial charge in [-0.25, -0.2) is 4.79 Å². The first-order chi connectivity index (χ1) is 7.91. The third kappa shape index (κ3) is 3.37. The number of hydrogen-bond acceptors (Lipinski definition) is 3. The fraction of sp³-hybridized carbons (Fsp3) is 0.273. The minimum absolute atomic E-state index is 0.0356. The number of aliphatic carboxylic acids is 1. The predicted molar refractivity (Wildman–Crippen MR) is 62.1 cm³/mol. The molecule has 1 aromatic rings. The maximum Gasteiger partial charge on any atom is 0.325 e. The molecule has 0 aliphatic rings. The Hall–Kier alpha value is -2.24. The van der Waals surface area contributed by atoms with Crippen molar-refractivity contribution in [2.75, 3.05) is 11.9 Å². The molecule has 0 spiro atoms. The molecule has 0 heterocycles. The van der Waals surface area contributed by atoms with Crippen molar-refractivity contribution in [1.82, 2.24) is 5.32 Å². The maximum atomic E-state index is 11.6. The van der Waals surface area contributed by atoms with Crippen molar-refractivity contribution in [2.45, 2.75) is 13.0 Å². The summed E-state index contributed by atoms with van der Waals surface area (Å²) in [6.45, 7) is 1.37. The van der Waals surface area contributed by atoms with Crippen LogP contribution in [0.15, 0.2) is 24.3 Å². The van der Waals surface area contributed by atoms with E-state index in [1.165, 1.54) is 31.0 Å².